The van der Waals surface area contributed by atoms with Crippen molar-refractivity contribution in [2.24, 2.45) is 5.92 Å². The Balaban J connectivity index is 1.87. The molecule has 1 aromatic rings. The van der Waals surface area contributed by atoms with Crippen LogP contribution in [0.2, 0.25) is 0 Å². The van der Waals surface area contributed by atoms with E-state index in [1.54, 1.807) is 4.90 Å². The summed E-state index contributed by atoms with van der Waals surface area (Å²) in [6.45, 7) is 4.70. The maximum Gasteiger partial charge on any atom is 0.433 e. The molecule has 0 aliphatic carbocycles. The fourth-order valence-corrected chi connectivity index (χ4v) is 2.00. The van der Waals surface area contributed by atoms with Gasteiger partial charge in [-0.05, 0) is 12.0 Å². The lowest BCUT2D eigenvalue weighted by atomic mass is 10.1. The summed E-state index contributed by atoms with van der Waals surface area (Å²) in [5.41, 5.74) is -0.980. The number of nitrogens with zero attached hydrogens (tertiary/aromatic N) is 2. The number of carbonyl (C=O) groups excluding carboxylic acids is 1. The lowest BCUT2D eigenvalue weighted by molar-refractivity contribution is -0.142. The number of hydrogen-bond acceptors (Lipinski definition) is 3. The van der Waals surface area contributed by atoms with Gasteiger partial charge in [0, 0.05) is 12.5 Å². The molecule has 0 saturated carbocycles. The third kappa shape index (κ3) is 4.09. The molecule has 1 amide bonds. The van der Waals surface area contributed by atoms with Gasteiger partial charge in [0.15, 0.2) is 0 Å². The summed E-state index contributed by atoms with van der Waals surface area (Å²) in [6.07, 6.45) is -4.32. The Morgan fingerprint density at radius 2 is 2.10 bits per heavy atom. The van der Waals surface area contributed by atoms with E-state index in [-0.39, 0.29) is 23.8 Å². The van der Waals surface area contributed by atoms with E-state index < -0.39 is 11.9 Å². The summed E-state index contributed by atoms with van der Waals surface area (Å²) in [4.78, 5) is 16.8. The van der Waals surface area contributed by atoms with Crippen LogP contribution in [0.4, 0.5) is 13.2 Å². The van der Waals surface area contributed by atoms with Crippen molar-refractivity contribution in [3.8, 4) is 5.88 Å². The number of alkyl halides is 3. The number of hydrogen-bond donors (Lipinski definition) is 0. The molecule has 0 atom stereocenters. The summed E-state index contributed by atoms with van der Waals surface area (Å²) >= 11 is 0. The van der Waals surface area contributed by atoms with Crippen LogP contribution in [0.25, 0.3) is 0 Å². The minimum atomic E-state index is -4.49. The van der Waals surface area contributed by atoms with Crippen LogP contribution >= 0.6 is 0 Å². The molecule has 1 saturated heterocycles. The third-order valence-corrected chi connectivity index (χ3v) is 3.09. The molecule has 1 aliphatic heterocycles. The zero-order valence-corrected chi connectivity index (χ0v) is 11.9. The molecule has 4 nitrogen and oxygen atoms in total. The van der Waals surface area contributed by atoms with Gasteiger partial charge < -0.3 is 9.64 Å². The molecule has 2 heterocycles. The van der Waals surface area contributed by atoms with Gasteiger partial charge in [-0.25, -0.2) is 4.98 Å². The number of rotatable bonds is 4. The van der Waals surface area contributed by atoms with Crippen LogP contribution in [0, 0.1) is 5.92 Å². The van der Waals surface area contributed by atoms with Gasteiger partial charge in [0.2, 0.25) is 11.8 Å². The van der Waals surface area contributed by atoms with Crippen LogP contribution < -0.4 is 4.74 Å². The fourth-order valence-electron chi connectivity index (χ4n) is 2.00. The van der Waals surface area contributed by atoms with Crippen LogP contribution in [0.1, 0.15) is 26.0 Å². The molecule has 0 aromatic carbocycles. The second-order valence-electron chi connectivity index (χ2n) is 5.50. The highest BCUT2D eigenvalue weighted by Crippen LogP contribution is 2.29. The van der Waals surface area contributed by atoms with Crippen LogP contribution in [0.15, 0.2) is 18.2 Å². The largest absolute Gasteiger partial charge is 0.471 e. The Bertz CT molecular complexity index is 511. The zero-order chi connectivity index (χ0) is 15.6. The molecule has 21 heavy (non-hydrogen) atoms. The van der Waals surface area contributed by atoms with Crippen molar-refractivity contribution in [1.29, 1.82) is 0 Å². The molecule has 116 valence electrons. The second kappa shape index (κ2) is 5.91. The Labute approximate surface area is 120 Å². The first-order valence-electron chi connectivity index (χ1n) is 6.74. The fraction of sp³-hybridized carbons (Fsp3) is 0.571. The molecule has 0 unspecified atom stereocenters. The molecule has 1 fully saturated rings. The molecular weight excluding hydrogens is 285 g/mol. The predicted molar refractivity (Wildman–Crippen MR) is 69.7 cm³/mol. The maximum absolute atomic E-state index is 12.5. The van der Waals surface area contributed by atoms with Crippen LogP contribution in [-0.4, -0.2) is 35.0 Å². The Morgan fingerprint density at radius 3 is 2.67 bits per heavy atom. The number of aromatic nitrogens is 1. The van der Waals surface area contributed by atoms with E-state index in [9.17, 15) is 18.0 Å². The monoisotopic (exact) mass is 302 g/mol. The quantitative estimate of drug-likeness (QED) is 0.859. The van der Waals surface area contributed by atoms with Gasteiger partial charge in [0.25, 0.3) is 0 Å². The number of likely N-dealkylation sites (tertiary alicyclic amines) is 1. The van der Waals surface area contributed by atoms with Crippen molar-refractivity contribution in [3.05, 3.63) is 23.9 Å². The Hall–Kier alpha value is -1.79. The van der Waals surface area contributed by atoms with Gasteiger partial charge in [0.1, 0.15) is 11.8 Å². The van der Waals surface area contributed by atoms with Gasteiger partial charge in [-0.3, -0.25) is 4.79 Å². The van der Waals surface area contributed by atoms with Crippen LogP contribution in [0.5, 0.6) is 5.88 Å². The van der Waals surface area contributed by atoms with Gasteiger partial charge in [-0.1, -0.05) is 19.9 Å². The molecule has 1 aliphatic rings. The summed E-state index contributed by atoms with van der Waals surface area (Å²) in [5, 5.41) is 0. The van der Waals surface area contributed by atoms with Gasteiger partial charge in [0.05, 0.1) is 13.1 Å². The minimum absolute atomic E-state index is 0.0434. The van der Waals surface area contributed by atoms with Crippen LogP contribution in [0.3, 0.4) is 0 Å². The SMILES string of the molecule is CC(C)CC(=O)N1CC(Oc2cccc(C(F)(F)F)n2)C1. The maximum atomic E-state index is 12.5. The third-order valence-electron chi connectivity index (χ3n) is 3.09. The standard InChI is InChI=1S/C14H17F3N2O2/c1-9(2)6-13(20)19-7-10(8-19)21-12-5-3-4-11(18-12)14(15,16)17/h3-5,9-10H,6-8H2,1-2H3. The summed E-state index contributed by atoms with van der Waals surface area (Å²) < 4.78 is 42.9. The lowest BCUT2D eigenvalue weighted by Crippen LogP contribution is -2.56. The average molecular weight is 302 g/mol. The van der Waals surface area contributed by atoms with Gasteiger partial charge in [-0.2, -0.15) is 13.2 Å². The van der Waals surface area contributed by atoms with E-state index in [4.69, 9.17) is 4.74 Å². The van der Waals surface area contributed by atoms with E-state index in [1.165, 1.54) is 12.1 Å². The van der Waals surface area contributed by atoms with E-state index >= 15 is 0 Å². The first kappa shape index (κ1) is 15.6. The first-order chi connectivity index (χ1) is 9.75. The molecule has 0 N–H and O–H groups in total. The van der Waals surface area contributed by atoms with Crippen molar-refractivity contribution >= 4 is 5.91 Å². The Kier molecular flexibility index (Phi) is 4.39. The molecule has 2 rings (SSSR count). The van der Waals surface area contributed by atoms with Crippen LogP contribution in [-0.2, 0) is 11.0 Å². The van der Waals surface area contributed by atoms with Crippen molar-refractivity contribution < 1.29 is 22.7 Å². The number of pyridine rings is 1. The number of carbonyl (C=O) groups is 1. The highest BCUT2D eigenvalue weighted by molar-refractivity contribution is 5.77. The number of amides is 1. The summed E-state index contributed by atoms with van der Waals surface area (Å²) in [5.74, 6) is 0.259. The van der Waals surface area contributed by atoms with E-state index in [0.717, 1.165) is 6.07 Å². The van der Waals surface area contributed by atoms with Crippen molar-refractivity contribution in [3.63, 3.8) is 0 Å². The van der Waals surface area contributed by atoms with Crippen molar-refractivity contribution in [1.82, 2.24) is 9.88 Å². The zero-order valence-electron chi connectivity index (χ0n) is 11.9. The summed E-state index contributed by atoms with van der Waals surface area (Å²) in [6, 6.07) is 3.53. The Morgan fingerprint density at radius 1 is 1.43 bits per heavy atom. The van der Waals surface area contributed by atoms with Crippen molar-refractivity contribution in [2.75, 3.05) is 13.1 Å². The van der Waals surface area contributed by atoms with E-state index in [2.05, 4.69) is 4.98 Å². The molecule has 0 radical (unpaired) electrons. The minimum Gasteiger partial charge on any atom is -0.471 e. The molecule has 1 aromatic heterocycles. The first-order valence-corrected chi connectivity index (χ1v) is 6.74. The highest BCUT2D eigenvalue weighted by Gasteiger charge is 2.35. The second-order valence-corrected chi connectivity index (χ2v) is 5.50. The molecule has 0 bridgehead atoms. The average Bonchev–Trinajstić information content (AvgIpc) is 2.31. The topological polar surface area (TPSA) is 42.4 Å². The molecular formula is C14H17F3N2O2. The molecule has 7 heteroatoms. The number of halogens is 3. The van der Waals surface area contributed by atoms with Gasteiger partial charge in [-0.15, -0.1) is 0 Å². The van der Waals surface area contributed by atoms with E-state index in [1.807, 2.05) is 13.8 Å². The van der Waals surface area contributed by atoms with E-state index in [0.29, 0.717) is 19.5 Å². The smallest absolute Gasteiger partial charge is 0.433 e. The summed E-state index contributed by atoms with van der Waals surface area (Å²) in [7, 11) is 0. The van der Waals surface area contributed by atoms with Crippen molar-refractivity contribution in [2.45, 2.75) is 32.5 Å². The normalized spacial score (nSPS) is 16.0. The number of ether oxygens (including phenoxy) is 1. The highest BCUT2D eigenvalue weighted by atomic mass is 19.4. The molecule has 0 spiro atoms. The lowest BCUT2D eigenvalue weighted by Gasteiger charge is -2.39. The van der Waals surface area contributed by atoms with Gasteiger partial charge >= 0.3 is 6.18 Å². The predicted octanol–water partition coefficient (Wildman–Crippen LogP) is 2.74.